The lowest BCUT2D eigenvalue weighted by Crippen LogP contribution is -2.34. The number of carboxylic acid groups (broad SMARTS) is 1. The van der Waals surface area contributed by atoms with Crippen LogP contribution in [0.4, 0.5) is 0 Å². The number of carbonyl (C=O) groups excluding carboxylic acids is 1. The molecule has 0 bridgehead atoms. The van der Waals surface area contributed by atoms with Gasteiger partial charge in [0.1, 0.15) is 5.60 Å². The molecule has 1 saturated carbocycles. The summed E-state index contributed by atoms with van der Waals surface area (Å²) < 4.78 is 5.29. The molecule has 0 saturated heterocycles. The monoisotopic (exact) mass is 270 g/mol. The quantitative estimate of drug-likeness (QED) is 0.779. The lowest BCUT2D eigenvalue weighted by Gasteiger charge is -2.26. The highest BCUT2D eigenvalue weighted by molar-refractivity contribution is 5.81. The van der Waals surface area contributed by atoms with Crippen LogP contribution in [-0.2, 0) is 14.3 Å². The van der Waals surface area contributed by atoms with Gasteiger partial charge in [-0.05, 0) is 33.1 Å². The van der Waals surface area contributed by atoms with Crippen molar-refractivity contribution in [2.75, 3.05) is 0 Å². The Morgan fingerprint density at radius 2 is 1.79 bits per heavy atom. The number of carboxylic acids is 1. The van der Waals surface area contributed by atoms with E-state index in [1.807, 2.05) is 0 Å². The van der Waals surface area contributed by atoms with Crippen molar-refractivity contribution in [3.8, 4) is 0 Å². The van der Waals surface area contributed by atoms with E-state index in [9.17, 15) is 14.7 Å². The lowest BCUT2D eigenvalue weighted by molar-refractivity contribution is -0.166. The van der Waals surface area contributed by atoms with E-state index in [1.165, 1.54) is 12.8 Å². The van der Waals surface area contributed by atoms with Crippen molar-refractivity contribution < 1.29 is 19.4 Å². The van der Waals surface area contributed by atoms with Crippen molar-refractivity contribution in [1.29, 1.82) is 0 Å². The molecule has 0 amide bonds. The molecule has 19 heavy (non-hydrogen) atoms. The molecule has 1 fully saturated rings. The molecule has 0 radical (unpaired) electrons. The Bertz CT molecular complexity index is 324. The molecule has 2 unspecified atom stereocenters. The van der Waals surface area contributed by atoms with Gasteiger partial charge in [0, 0.05) is 0 Å². The van der Waals surface area contributed by atoms with E-state index in [2.05, 4.69) is 0 Å². The molecule has 0 aromatic carbocycles. The van der Waals surface area contributed by atoms with E-state index in [0.29, 0.717) is 12.3 Å². The van der Waals surface area contributed by atoms with Gasteiger partial charge in [0.05, 0.1) is 11.8 Å². The van der Waals surface area contributed by atoms with Crippen LogP contribution >= 0.6 is 0 Å². The molecule has 0 aromatic heterocycles. The Balaban J connectivity index is 2.64. The lowest BCUT2D eigenvalue weighted by atomic mass is 9.84. The standard InChI is InChI=1S/C15H26O4/c1-10(14(18)19-15(2,3)4)12(13(16)17)9-11-7-5-6-8-11/h10-12H,5-9H2,1-4H3,(H,16,17). The third kappa shape index (κ3) is 5.21. The summed E-state index contributed by atoms with van der Waals surface area (Å²) in [7, 11) is 0. The topological polar surface area (TPSA) is 63.6 Å². The van der Waals surface area contributed by atoms with E-state index in [0.717, 1.165) is 12.8 Å². The van der Waals surface area contributed by atoms with Crippen molar-refractivity contribution in [2.24, 2.45) is 17.8 Å². The number of aliphatic carboxylic acids is 1. The molecule has 1 aliphatic carbocycles. The second-order valence-electron chi connectivity index (χ2n) is 6.65. The highest BCUT2D eigenvalue weighted by Gasteiger charge is 2.35. The number of ether oxygens (including phenoxy) is 1. The third-order valence-corrected chi connectivity index (χ3v) is 3.76. The number of hydrogen-bond donors (Lipinski definition) is 1. The fourth-order valence-electron chi connectivity index (χ4n) is 2.68. The van der Waals surface area contributed by atoms with E-state index in [-0.39, 0.29) is 0 Å². The van der Waals surface area contributed by atoms with Gasteiger partial charge in [-0.25, -0.2) is 0 Å². The van der Waals surface area contributed by atoms with Gasteiger partial charge < -0.3 is 9.84 Å². The Labute approximate surface area is 115 Å². The van der Waals surface area contributed by atoms with Crippen LogP contribution in [-0.4, -0.2) is 22.6 Å². The third-order valence-electron chi connectivity index (χ3n) is 3.76. The van der Waals surface area contributed by atoms with Crippen molar-refractivity contribution in [3.05, 3.63) is 0 Å². The average molecular weight is 270 g/mol. The summed E-state index contributed by atoms with van der Waals surface area (Å²) >= 11 is 0. The molecule has 1 aliphatic rings. The maximum Gasteiger partial charge on any atom is 0.310 e. The minimum atomic E-state index is -0.884. The molecule has 4 heteroatoms. The predicted octanol–water partition coefficient (Wildman–Crippen LogP) is 3.25. The summed E-state index contributed by atoms with van der Waals surface area (Å²) in [6.07, 6.45) is 5.13. The van der Waals surface area contributed by atoms with Crippen molar-refractivity contribution >= 4 is 11.9 Å². The smallest absolute Gasteiger partial charge is 0.310 e. The van der Waals surface area contributed by atoms with Crippen LogP contribution in [0, 0.1) is 17.8 Å². The van der Waals surface area contributed by atoms with Crippen molar-refractivity contribution in [2.45, 2.75) is 65.4 Å². The second kappa shape index (κ2) is 6.40. The first-order chi connectivity index (χ1) is 8.70. The highest BCUT2D eigenvalue weighted by Crippen LogP contribution is 2.33. The molecule has 0 aliphatic heterocycles. The molecule has 2 atom stereocenters. The van der Waals surface area contributed by atoms with Crippen LogP contribution in [0.25, 0.3) is 0 Å². The first-order valence-corrected chi connectivity index (χ1v) is 7.16. The highest BCUT2D eigenvalue weighted by atomic mass is 16.6. The summed E-state index contributed by atoms with van der Waals surface area (Å²) in [5.74, 6) is -2.05. The molecule has 110 valence electrons. The number of esters is 1. The molecule has 0 aromatic rings. The van der Waals surface area contributed by atoms with E-state index >= 15 is 0 Å². The summed E-state index contributed by atoms with van der Waals surface area (Å²) in [6.45, 7) is 7.06. The van der Waals surface area contributed by atoms with Gasteiger partial charge in [0.2, 0.25) is 0 Å². The number of hydrogen-bond acceptors (Lipinski definition) is 3. The van der Waals surface area contributed by atoms with Gasteiger partial charge in [-0.1, -0.05) is 32.6 Å². The minimum Gasteiger partial charge on any atom is -0.481 e. The first-order valence-electron chi connectivity index (χ1n) is 7.16. The van der Waals surface area contributed by atoms with E-state index in [1.54, 1.807) is 27.7 Å². The zero-order valence-corrected chi connectivity index (χ0v) is 12.4. The summed E-state index contributed by atoms with van der Waals surface area (Å²) in [5, 5.41) is 9.34. The van der Waals surface area contributed by atoms with Crippen LogP contribution in [0.2, 0.25) is 0 Å². The minimum absolute atomic E-state index is 0.405. The van der Waals surface area contributed by atoms with Crippen LogP contribution in [0.3, 0.4) is 0 Å². The average Bonchev–Trinajstić information content (AvgIpc) is 2.74. The zero-order chi connectivity index (χ0) is 14.6. The largest absolute Gasteiger partial charge is 0.481 e. The molecular formula is C15H26O4. The normalized spacial score (nSPS) is 20.0. The Kier molecular flexibility index (Phi) is 5.39. The SMILES string of the molecule is CC(C(=O)OC(C)(C)C)C(CC1CCCC1)C(=O)O. The Morgan fingerprint density at radius 3 is 2.21 bits per heavy atom. The van der Waals surface area contributed by atoms with Gasteiger partial charge in [0.25, 0.3) is 0 Å². The summed E-state index contributed by atoms with van der Waals surface area (Å²) in [5.41, 5.74) is -0.568. The second-order valence-corrected chi connectivity index (χ2v) is 6.65. The molecule has 1 rings (SSSR count). The number of carbonyl (C=O) groups is 2. The molecular weight excluding hydrogens is 244 g/mol. The van der Waals surface area contributed by atoms with E-state index in [4.69, 9.17) is 4.74 Å². The molecule has 0 heterocycles. The Hall–Kier alpha value is -1.06. The predicted molar refractivity (Wildman–Crippen MR) is 72.7 cm³/mol. The van der Waals surface area contributed by atoms with Crippen molar-refractivity contribution in [1.82, 2.24) is 0 Å². The summed E-state index contributed by atoms with van der Waals surface area (Å²) in [4.78, 5) is 23.4. The van der Waals surface area contributed by atoms with Crippen LogP contribution < -0.4 is 0 Å². The summed E-state index contributed by atoms with van der Waals surface area (Å²) in [6, 6.07) is 0. The van der Waals surface area contributed by atoms with Crippen LogP contribution in [0.1, 0.15) is 59.8 Å². The van der Waals surface area contributed by atoms with Gasteiger partial charge in [-0.2, -0.15) is 0 Å². The maximum absolute atomic E-state index is 12.0. The number of rotatable bonds is 5. The van der Waals surface area contributed by atoms with Gasteiger partial charge in [0.15, 0.2) is 0 Å². The fourth-order valence-corrected chi connectivity index (χ4v) is 2.68. The van der Waals surface area contributed by atoms with Gasteiger partial charge in [-0.3, -0.25) is 9.59 Å². The first kappa shape index (κ1) is 16.0. The van der Waals surface area contributed by atoms with Crippen molar-refractivity contribution in [3.63, 3.8) is 0 Å². The van der Waals surface area contributed by atoms with Gasteiger partial charge >= 0.3 is 11.9 Å². The fraction of sp³-hybridized carbons (Fsp3) is 0.867. The van der Waals surface area contributed by atoms with Crippen LogP contribution in [0.5, 0.6) is 0 Å². The molecule has 1 N–H and O–H groups in total. The zero-order valence-electron chi connectivity index (χ0n) is 12.4. The molecule has 4 nitrogen and oxygen atoms in total. The Morgan fingerprint density at radius 1 is 1.26 bits per heavy atom. The van der Waals surface area contributed by atoms with E-state index < -0.39 is 29.4 Å². The van der Waals surface area contributed by atoms with Crippen LogP contribution in [0.15, 0.2) is 0 Å². The van der Waals surface area contributed by atoms with Gasteiger partial charge in [-0.15, -0.1) is 0 Å². The molecule has 0 spiro atoms. The maximum atomic E-state index is 12.0.